The molecule has 0 aliphatic rings. The Morgan fingerprint density at radius 1 is 1.15 bits per heavy atom. The van der Waals surface area contributed by atoms with Crippen molar-refractivity contribution in [3.05, 3.63) is 64.5 Å². The molecule has 1 heterocycles. The van der Waals surface area contributed by atoms with Crippen molar-refractivity contribution in [3.8, 4) is 0 Å². The van der Waals surface area contributed by atoms with Crippen molar-refractivity contribution in [2.75, 3.05) is 5.32 Å². The number of pyridine rings is 1. The highest BCUT2D eigenvalue weighted by Gasteiger charge is 2.06. The molecule has 0 radical (unpaired) electrons. The summed E-state index contributed by atoms with van der Waals surface area (Å²) in [6, 6.07) is 8.83. The number of aromatic nitrogens is 1. The first-order valence-corrected chi connectivity index (χ1v) is 5.83. The molecule has 102 valence electrons. The Morgan fingerprint density at radius 2 is 1.80 bits per heavy atom. The van der Waals surface area contributed by atoms with Crippen molar-refractivity contribution in [2.45, 2.75) is 6.54 Å². The van der Waals surface area contributed by atoms with Crippen LogP contribution in [0.25, 0.3) is 0 Å². The second kappa shape index (κ2) is 6.28. The van der Waals surface area contributed by atoms with E-state index in [1.807, 2.05) is 0 Å². The van der Waals surface area contributed by atoms with Crippen molar-refractivity contribution >= 4 is 17.4 Å². The number of rotatable bonds is 4. The van der Waals surface area contributed by atoms with Crippen LogP contribution < -0.4 is 10.6 Å². The largest absolute Gasteiger partial charge is 0.334 e. The summed E-state index contributed by atoms with van der Waals surface area (Å²) >= 11 is 0. The molecule has 0 saturated carbocycles. The number of hydrogen-bond acceptors (Lipinski definition) is 4. The summed E-state index contributed by atoms with van der Waals surface area (Å²) in [6.45, 7) is 0.376. The minimum absolute atomic E-state index is 0.0206. The first kappa shape index (κ1) is 13.5. The molecular formula is C13H12N4O3. The highest BCUT2D eigenvalue weighted by molar-refractivity contribution is 5.89. The molecule has 0 unspecified atom stereocenters. The number of carbonyl (C=O) groups excluding carboxylic acids is 1. The number of nitrogens with zero attached hydrogens (tertiary/aromatic N) is 2. The first-order chi connectivity index (χ1) is 9.65. The van der Waals surface area contributed by atoms with Gasteiger partial charge < -0.3 is 10.6 Å². The maximum Gasteiger partial charge on any atom is 0.319 e. The maximum absolute atomic E-state index is 11.6. The number of carbonyl (C=O) groups is 1. The Bertz CT molecular complexity index is 599. The summed E-state index contributed by atoms with van der Waals surface area (Å²) in [5, 5.41) is 15.8. The number of nitro groups is 1. The molecular weight excluding hydrogens is 260 g/mol. The second-order valence-electron chi connectivity index (χ2n) is 3.97. The van der Waals surface area contributed by atoms with Crippen LogP contribution >= 0.6 is 0 Å². The zero-order valence-electron chi connectivity index (χ0n) is 10.4. The number of nitrogens with one attached hydrogen (secondary N) is 2. The molecule has 0 spiro atoms. The summed E-state index contributed by atoms with van der Waals surface area (Å²) in [6.07, 6.45) is 3.29. The van der Waals surface area contributed by atoms with Gasteiger partial charge in [0.1, 0.15) is 0 Å². The lowest BCUT2D eigenvalue weighted by molar-refractivity contribution is -0.384. The van der Waals surface area contributed by atoms with Gasteiger partial charge in [-0.2, -0.15) is 0 Å². The van der Waals surface area contributed by atoms with Crippen molar-refractivity contribution in [1.29, 1.82) is 0 Å². The van der Waals surface area contributed by atoms with E-state index in [1.165, 1.54) is 24.3 Å². The fourth-order valence-corrected chi connectivity index (χ4v) is 1.52. The molecule has 7 nitrogen and oxygen atoms in total. The molecule has 0 saturated heterocycles. The Balaban J connectivity index is 1.86. The molecule has 2 amide bonds. The normalized spacial score (nSPS) is 9.80. The summed E-state index contributed by atoms with van der Waals surface area (Å²) < 4.78 is 0. The zero-order chi connectivity index (χ0) is 14.4. The number of anilines is 1. The van der Waals surface area contributed by atoms with Crippen LogP contribution in [-0.2, 0) is 6.54 Å². The molecule has 20 heavy (non-hydrogen) atoms. The second-order valence-corrected chi connectivity index (χ2v) is 3.97. The average molecular weight is 272 g/mol. The van der Waals surface area contributed by atoms with Crippen molar-refractivity contribution in [3.63, 3.8) is 0 Å². The molecule has 1 aromatic carbocycles. The van der Waals surface area contributed by atoms with Gasteiger partial charge in [-0.3, -0.25) is 15.1 Å². The van der Waals surface area contributed by atoms with Crippen LogP contribution in [0.5, 0.6) is 0 Å². The van der Waals surface area contributed by atoms with Crippen LogP contribution in [0, 0.1) is 10.1 Å². The third-order valence-corrected chi connectivity index (χ3v) is 2.54. The lowest BCUT2D eigenvalue weighted by Gasteiger charge is -2.07. The lowest BCUT2D eigenvalue weighted by atomic mass is 10.3. The van der Waals surface area contributed by atoms with Crippen LogP contribution in [0.4, 0.5) is 16.2 Å². The van der Waals surface area contributed by atoms with E-state index in [2.05, 4.69) is 15.6 Å². The third kappa shape index (κ3) is 3.77. The maximum atomic E-state index is 11.6. The highest BCUT2D eigenvalue weighted by Crippen LogP contribution is 2.15. The van der Waals surface area contributed by atoms with E-state index in [0.717, 1.165) is 5.56 Å². The van der Waals surface area contributed by atoms with Gasteiger partial charge in [-0.1, -0.05) is 0 Å². The lowest BCUT2D eigenvalue weighted by Crippen LogP contribution is -2.28. The molecule has 1 aromatic heterocycles. The smallest absolute Gasteiger partial charge is 0.319 e. The van der Waals surface area contributed by atoms with Gasteiger partial charge in [0.2, 0.25) is 0 Å². The van der Waals surface area contributed by atoms with Gasteiger partial charge in [0, 0.05) is 36.8 Å². The van der Waals surface area contributed by atoms with E-state index >= 15 is 0 Å². The highest BCUT2D eigenvalue weighted by atomic mass is 16.6. The number of benzene rings is 1. The van der Waals surface area contributed by atoms with E-state index in [-0.39, 0.29) is 11.7 Å². The van der Waals surface area contributed by atoms with E-state index in [0.29, 0.717) is 12.2 Å². The zero-order valence-corrected chi connectivity index (χ0v) is 10.4. The number of non-ortho nitro benzene ring substituents is 1. The van der Waals surface area contributed by atoms with Crippen LogP contribution in [0.1, 0.15) is 5.56 Å². The summed E-state index contributed by atoms with van der Waals surface area (Å²) in [4.78, 5) is 25.5. The molecule has 2 N–H and O–H groups in total. The monoisotopic (exact) mass is 272 g/mol. The molecule has 0 aliphatic carbocycles. The molecule has 0 fully saturated rings. The van der Waals surface area contributed by atoms with E-state index in [4.69, 9.17) is 0 Å². The predicted molar refractivity (Wildman–Crippen MR) is 73.2 cm³/mol. The Hall–Kier alpha value is -2.96. The summed E-state index contributed by atoms with van der Waals surface area (Å²) in [5.41, 5.74) is 1.40. The van der Waals surface area contributed by atoms with Gasteiger partial charge in [0.15, 0.2) is 0 Å². The summed E-state index contributed by atoms with van der Waals surface area (Å²) in [5.74, 6) is 0. The number of nitro benzene ring substituents is 1. The fraction of sp³-hybridized carbons (Fsp3) is 0.0769. The van der Waals surface area contributed by atoms with Gasteiger partial charge in [0.25, 0.3) is 5.69 Å². The summed E-state index contributed by atoms with van der Waals surface area (Å²) in [7, 11) is 0. The quantitative estimate of drug-likeness (QED) is 0.659. The van der Waals surface area contributed by atoms with Crippen LogP contribution in [0.2, 0.25) is 0 Å². The van der Waals surface area contributed by atoms with Gasteiger partial charge in [0.05, 0.1) is 4.92 Å². The molecule has 0 atom stereocenters. The number of urea groups is 1. The number of hydrogen-bond donors (Lipinski definition) is 2. The van der Waals surface area contributed by atoms with Crippen LogP contribution in [0.15, 0.2) is 48.8 Å². The molecule has 2 aromatic rings. The van der Waals surface area contributed by atoms with E-state index < -0.39 is 4.92 Å². The standard InChI is InChI=1S/C13H12N4O3/c18-13(15-9-10-5-7-14-8-6-10)16-11-1-3-12(4-2-11)17(19)20/h1-8H,9H2,(H2,15,16,18). The SMILES string of the molecule is O=C(NCc1ccncc1)Nc1ccc([N+](=O)[O-])cc1. The fourth-order valence-electron chi connectivity index (χ4n) is 1.52. The van der Waals surface area contributed by atoms with Gasteiger partial charge in [-0.25, -0.2) is 4.79 Å². The van der Waals surface area contributed by atoms with Crippen molar-refractivity contribution < 1.29 is 9.72 Å². The average Bonchev–Trinajstić information content (AvgIpc) is 2.47. The van der Waals surface area contributed by atoms with Gasteiger partial charge in [-0.05, 0) is 29.8 Å². The Kier molecular flexibility index (Phi) is 4.23. The Morgan fingerprint density at radius 3 is 2.40 bits per heavy atom. The molecule has 7 heteroatoms. The molecule has 2 rings (SSSR count). The van der Waals surface area contributed by atoms with Gasteiger partial charge >= 0.3 is 6.03 Å². The molecule has 0 aliphatic heterocycles. The Labute approximate surface area is 114 Å². The van der Waals surface area contributed by atoms with Crippen molar-refractivity contribution in [1.82, 2.24) is 10.3 Å². The van der Waals surface area contributed by atoms with Crippen LogP contribution in [-0.4, -0.2) is 15.9 Å². The minimum Gasteiger partial charge on any atom is -0.334 e. The minimum atomic E-state index is -0.493. The molecule has 0 bridgehead atoms. The van der Waals surface area contributed by atoms with E-state index in [9.17, 15) is 14.9 Å². The predicted octanol–water partition coefficient (Wildman–Crippen LogP) is 2.31. The topological polar surface area (TPSA) is 97.2 Å². The number of amides is 2. The van der Waals surface area contributed by atoms with Crippen molar-refractivity contribution in [2.24, 2.45) is 0 Å². The third-order valence-electron chi connectivity index (χ3n) is 2.54. The first-order valence-electron chi connectivity index (χ1n) is 5.83. The van der Waals surface area contributed by atoms with Gasteiger partial charge in [-0.15, -0.1) is 0 Å². The van der Waals surface area contributed by atoms with Crippen LogP contribution in [0.3, 0.4) is 0 Å². The van der Waals surface area contributed by atoms with E-state index in [1.54, 1.807) is 24.5 Å².